The van der Waals surface area contributed by atoms with Gasteiger partial charge in [-0.15, -0.1) is 0 Å². The van der Waals surface area contributed by atoms with Gasteiger partial charge in [0.15, 0.2) is 0 Å². The Balaban J connectivity index is 1.96. The van der Waals surface area contributed by atoms with Gasteiger partial charge >= 0.3 is 0 Å². The molecule has 106 valence electrons. The van der Waals surface area contributed by atoms with Crippen LogP contribution < -0.4 is 0 Å². The molecule has 2 heteroatoms. The van der Waals surface area contributed by atoms with Crippen LogP contribution in [0.3, 0.4) is 0 Å². The number of hydrogen-bond donors (Lipinski definition) is 1. The summed E-state index contributed by atoms with van der Waals surface area (Å²) in [6, 6.07) is 0.718. The number of nitrogens with zero attached hydrogens (tertiary/aromatic N) is 1. The van der Waals surface area contributed by atoms with Crippen LogP contribution in [-0.4, -0.2) is 35.7 Å². The quantitative estimate of drug-likeness (QED) is 0.833. The maximum Gasteiger partial charge on any atom is 0.0499 e. The molecule has 2 nitrogen and oxygen atoms in total. The molecule has 0 aromatic heterocycles. The third kappa shape index (κ3) is 3.48. The third-order valence-electron chi connectivity index (χ3n) is 5.40. The summed E-state index contributed by atoms with van der Waals surface area (Å²) >= 11 is 0. The van der Waals surface area contributed by atoms with Crippen molar-refractivity contribution < 1.29 is 5.11 Å². The zero-order valence-electron chi connectivity index (χ0n) is 12.3. The second-order valence-electron chi connectivity index (χ2n) is 7.01. The van der Waals surface area contributed by atoms with E-state index in [1.807, 2.05) is 0 Å². The van der Waals surface area contributed by atoms with Crippen molar-refractivity contribution >= 4 is 0 Å². The highest BCUT2D eigenvalue weighted by atomic mass is 16.3. The molecule has 2 fully saturated rings. The van der Waals surface area contributed by atoms with Crippen molar-refractivity contribution in [3.63, 3.8) is 0 Å². The average molecular weight is 253 g/mol. The first-order valence-corrected chi connectivity index (χ1v) is 8.00. The summed E-state index contributed by atoms with van der Waals surface area (Å²) in [6.07, 6.45) is 10.6. The van der Waals surface area contributed by atoms with E-state index >= 15 is 0 Å². The van der Waals surface area contributed by atoms with Crippen LogP contribution >= 0.6 is 0 Å². The summed E-state index contributed by atoms with van der Waals surface area (Å²) in [6.45, 7) is 7.51. The fourth-order valence-electron chi connectivity index (χ4n) is 3.74. The van der Waals surface area contributed by atoms with E-state index in [1.165, 1.54) is 57.9 Å². The van der Waals surface area contributed by atoms with Crippen LogP contribution in [0.25, 0.3) is 0 Å². The Bertz CT molecular complexity index is 245. The molecule has 1 aliphatic carbocycles. The van der Waals surface area contributed by atoms with Gasteiger partial charge in [0.25, 0.3) is 0 Å². The lowest BCUT2D eigenvalue weighted by Crippen LogP contribution is -2.45. The SMILES string of the molecule is CC1CCC(CO)(CN2CCCCCC2C)CC1. The molecule has 1 atom stereocenters. The van der Waals surface area contributed by atoms with Gasteiger partial charge in [-0.3, -0.25) is 0 Å². The Kier molecular flexibility index (Phi) is 5.08. The summed E-state index contributed by atoms with van der Waals surface area (Å²) in [5.41, 5.74) is 0.213. The fraction of sp³-hybridized carbons (Fsp3) is 1.00. The number of aliphatic hydroxyl groups is 1. The van der Waals surface area contributed by atoms with Crippen molar-refractivity contribution in [1.29, 1.82) is 0 Å². The summed E-state index contributed by atoms with van der Waals surface area (Å²) in [7, 11) is 0. The largest absolute Gasteiger partial charge is 0.396 e. The van der Waals surface area contributed by atoms with Gasteiger partial charge < -0.3 is 10.0 Å². The second-order valence-corrected chi connectivity index (χ2v) is 7.01. The lowest BCUT2D eigenvalue weighted by molar-refractivity contribution is 0.0187. The molecule has 1 N–H and O–H groups in total. The number of likely N-dealkylation sites (tertiary alicyclic amines) is 1. The smallest absolute Gasteiger partial charge is 0.0499 e. The van der Waals surface area contributed by atoms with Gasteiger partial charge in [0, 0.05) is 24.6 Å². The Labute approximate surface area is 113 Å². The minimum Gasteiger partial charge on any atom is -0.396 e. The van der Waals surface area contributed by atoms with E-state index in [-0.39, 0.29) is 5.41 Å². The zero-order valence-corrected chi connectivity index (χ0v) is 12.3. The maximum atomic E-state index is 9.89. The molecule has 0 aromatic carbocycles. The minimum absolute atomic E-state index is 0.213. The predicted molar refractivity (Wildman–Crippen MR) is 76.7 cm³/mol. The highest BCUT2D eigenvalue weighted by Gasteiger charge is 2.36. The van der Waals surface area contributed by atoms with Crippen molar-refractivity contribution in [2.75, 3.05) is 19.7 Å². The molecular weight excluding hydrogens is 222 g/mol. The molecule has 0 bridgehead atoms. The van der Waals surface area contributed by atoms with Crippen LogP contribution in [0.15, 0.2) is 0 Å². The molecule has 1 saturated heterocycles. The van der Waals surface area contributed by atoms with E-state index in [0.29, 0.717) is 6.61 Å². The molecule has 2 rings (SSSR count). The van der Waals surface area contributed by atoms with Crippen molar-refractivity contribution in [2.24, 2.45) is 11.3 Å². The van der Waals surface area contributed by atoms with Crippen LogP contribution in [-0.2, 0) is 0 Å². The van der Waals surface area contributed by atoms with Gasteiger partial charge in [-0.05, 0) is 45.1 Å². The number of aliphatic hydroxyl groups excluding tert-OH is 1. The maximum absolute atomic E-state index is 9.89. The molecular formula is C16H31NO. The summed E-state index contributed by atoms with van der Waals surface area (Å²) in [5.74, 6) is 0.867. The molecule has 1 saturated carbocycles. The molecule has 1 unspecified atom stereocenters. The van der Waals surface area contributed by atoms with Crippen LogP contribution in [0.2, 0.25) is 0 Å². The van der Waals surface area contributed by atoms with Crippen LogP contribution in [0, 0.1) is 11.3 Å². The monoisotopic (exact) mass is 253 g/mol. The van der Waals surface area contributed by atoms with Crippen molar-refractivity contribution in [1.82, 2.24) is 4.90 Å². The van der Waals surface area contributed by atoms with Crippen molar-refractivity contribution in [3.8, 4) is 0 Å². The summed E-state index contributed by atoms with van der Waals surface area (Å²) in [5, 5.41) is 9.89. The molecule has 18 heavy (non-hydrogen) atoms. The Hall–Kier alpha value is -0.0800. The Morgan fingerprint density at radius 3 is 2.44 bits per heavy atom. The van der Waals surface area contributed by atoms with Crippen LogP contribution in [0.1, 0.15) is 65.2 Å². The van der Waals surface area contributed by atoms with E-state index in [2.05, 4.69) is 18.7 Å². The molecule has 2 aliphatic rings. The van der Waals surface area contributed by atoms with E-state index < -0.39 is 0 Å². The first-order valence-electron chi connectivity index (χ1n) is 8.00. The minimum atomic E-state index is 0.213. The highest BCUT2D eigenvalue weighted by molar-refractivity contribution is 4.88. The molecule has 0 radical (unpaired) electrons. The molecule has 0 aromatic rings. The van der Waals surface area contributed by atoms with Gasteiger partial charge in [0.2, 0.25) is 0 Å². The zero-order chi connectivity index (χ0) is 13.0. The van der Waals surface area contributed by atoms with Crippen molar-refractivity contribution in [2.45, 2.75) is 71.3 Å². The fourth-order valence-corrected chi connectivity index (χ4v) is 3.74. The number of hydrogen-bond acceptors (Lipinski definition) is 2. The molecule has 1 aliphatic heterocycles. The predicted octanol–water partition coefficient (Wildman–Crippen LogP) is 3.44. The Morgan fingerprint density at radius 1 is 1.06 bits per heavy atom. The summed E-state index contributed by atoms with van der Waals surface area (Å²) in [4.78, 5) is 2.67. The lowest BCUT2D eigenvalue weighted by Gasteiger charge is -2.43. The average Bonchev–Trinajstić information content (AvgIpc) is 2.58. The normalized spacial score (nSPS) is 39.5. The summed E-state index contributed by atoms with van der Waals surface area (Å²) < 4.78 is 0. The van der Waals surface area contributed by atoms with E-state index in [1.54, 1.807) is 0 Å². The van der Waals surface area contributed by atoms with Gasteiger partial charge in [-0.1, -0.05) is 32.6 Å². The first kappa shape index (κ1) is 14.3. The van der Waals surface area contributed by atoms with E-state index in [9.17, 15) is 5.11 Å². The van der Waals surface area contributed by atoms with Crippen molar-refractivity contribution in [3.05, 3.63) is 0 Å². The molecule has 0 amide bonds. The molecule has 0 spiro atoms. The van der Waals surface area contributed by atoms with E-state index in [4.69, 9.17) is 0 Å². The standard InChI is InChI=1S/C16H31NO/c1-14-7-9-16(13-18,10-8-14)12-17-11-5-3-4-6-15(17)2/h14-15,18H,3-13H2,1-2H3. The van der Waals surface area contributed by atoms with E-state index in [0.717, 1.165) is 18.5 Å². The van der Waals surface area contributed by atoms with Crippen LogP contribution in [0.4, 0.5) is 0 Å². The van der Waals surface area contributed by atoms with Crippen LogP contribution in [0.5, 0.6) is 0 Å². The van der Waals surface area contributed by atoms with Gasteiger partial charge in [0.1, 0.15) is 0 Å². The van der Waals surface area contributed by atoms with Gasteiger partial charge in [0.05, 0.1) is 0 Å². The lowest BCUT2D eigenvalue weighted by atomic mass is 9.71. The third-order valence-corrected chi connectivity index (χ3v) is 5.40. The Morgan fingerprint density at radius 2 is 1.78 bits per heavy atom. The topological polar surface area (TPSA) is 23.5 Å². The number of rotatable bonds is 3. The molecule has 1 heterocycles. The van der Waals surface area contributed by atoms with Gasteiger partial charge in [-0.25, -0.2) is 0 Å². The first-order chi connectivity index (χ1) is 8.65. The second kappa shape index (κ2) is 6.38. The van der Waals surface area contributed by atoms with Gasteiger partial charge in [-0.2, -0.15) is 0 Å². The highest BCUT2D eigenvalue weighted by Crippen LogP contribution is 2.40.